The van der Waals surface area contributed by atoms with E-state index in [1.54, 1.807) is 7.11 Å². The quantitative estimate of drug-likeness (QED) is 0.265. The summed E-state index contributed by atoms with van der Waals surface area (Å²) in [5.41, 5.74) is 3.55. The molecule has 5 nitrogen and oxygen atoms in total. The number of amides is 1. The Morgan fingerprint density at radius 1 is 0.737 bits per heavy atom. The van der Waals surface area contributed by atoms with Crippen molar-refractivity contribution in [2.75, 3.05) is 33.3 Å². The molecule has 38 heavy (non-hydrogen) atoms. The van der Waals surface area contributed by atoms with Crippen LogP contribution in [0.3, 0.4) is 0 Å². The predicted octanol–water partition coefficient (Wildman–Crippen LogP) is 6.35. The summed E-state index contributed by atoms with van der Waals surface area (Å²) >= 11 is 0. The van der Waals surface area contributed by atoms with Gasteiger partial charge in [-0.25, -0.2) is 0 Å². The molecule has 5 rings (SSSR count). The van der Waals surface area contributed by atoms with Crippen LogP contribution in [0.25, 0.3) is 0 Å². The number of hydrogen-bond donors (Lipinski definition) is 0. The van der Waals surface area contributed by atoms with Crippen LogP contribution in [0.15, 0.2) is 109 Å². The highest BCUT2D eigenvalue weighted by atomic mass is 16.5. The third-order valence-electron chi connectivity index (χ3n) is 7.11. The largest absolute Gasteiger partial charge is 0.493 e. The van der Waals surface area contributed by atoms with Crippen LogP contribution in [0.4, 0.5) is 0 Å². The molecule has 1 saturated heterocycles. The van der Waals surface area contributed by atoms with Gasteiger partial charge in [-0.1, -0.05) is 84.9 Å². The predicted molar refractivity (Wildman–Crippen MR) is 151 cm³/mol. The van der Waals surface area contributed by atoms with Crippen LogP contribution < -0.4 is 9.47 Å². The second-order valence-electron chi connectivity index (χ2n) is 9.64. The van der Waals surface area contributed by atoms with Crippen LogP contribution >= 0.6 is 0 Å². The first-order valence-corrected chi connectivity index (χ1v) is 13.2. The van der Waals surface area contributed by atoms with Gasteiger partial charge in [0.15, 0.2) is 11.5 Å². The average molecular weight is 507 g/mol. The fraction of sp³-hybridized carbons (Fsp3) is 0.242. The maximum absolute atomic E-state index is 13.4. The minimum Gasteiger partial charge on any atom is -0.493 e. The van der Waals surface area contributed by atoms with Gasteiger partial charge in [-0.05, 0) is 41.0 Å². The molecule has 4 aromatic rings. The van der Waals surface area contributed by atoms with Crippen molar-refractivity contribution in [1.82, 2.24) is 9.80 Å². The zero-order chi connectivity index (χ0) is 26.2. The van der Waals surface area contributed by atoms with Crippen molar-refractivity contribution in [2.45, 2.75) is 18.9 Å². The summed E-state index contributed by atoms with van der Waals surface area (Å²) < 4.78 is 11.5. The first-order chi connectivity index (χ1) is 18.7. The molecule has 0 radical (unpaired) electrons. The summed E-state index contributed by atoms with van der Waals surface area (Å²) in [7, 11) is 1.65. The van der Waals surface area contributed by atoms with Crippen LogP contribution in [-0.2, 0) is 11.3 Å². The molecule has 1 aliphatic rings. The van der Waals surface area contributed by atoms with Crippen LogP contribution in [0.2, 0.25) is 0 Å². The lowest BCUT2D eigenvalue weighted by molar-refractivity contribution is -0.133. The Morgan fingerprint density at radius 2 is 1.34 bits per heavy atom. The van der Waals surface area contributed by atoms with E-state index < -0.39 is 0 Å². The molecule has 0 bridgehead atoms. The van der Waals surface area contributed by atoms with Gasteiger partial charge in [0.1, 0.15) is 5.75 Å². The molecule has 5 heteroatoms. The molecule has 0 unspecified atom stereocenters. The standard InChI is InChI=1S/C33H34N2O3/c1-37-31-17-8-9-18-32(31)38-29-16-10-11-26(23-29)25-34-19-21-35(22-20-34)33(36)24-30(27-12-4-2-5-13-27)28-14-6-3-7-15-28/h2-18,23,30H,19-22,24-25H2,1H3. The highest BCUT2D eigenvalue weighted by Crippen LogP contribution is 2.32. The fourth-order valence-corrected chi connectivity index (χ4v) is 5.05. The minimum absolute atomic E-state index is 0.0638. The van der Waals surface area contributed by atoms with E-state index >= 15 is 0 Å². The molecule has 1 amide bonds. The monoisotopic (exact) mass is 506 g/mol. The lowest BCUT2D eigenvalue weighted by atomic mass is 9.88. The maximum Gasteiger partial charge on any atom is 0.223 e. The number of carbonyl (C=O) groups is 1. The molecule has 0 saturated carbocycles. The van der Waals surface area contributed by atoms with Crippen molar-refractivity contribution in [1.29, 1.82) is 0 Å². The third kappa shape index (κ3) is 6.42. The summed E-state index contributed by atoms with van der Waals surface area (Å²) in [6.07, 6.45) is 0.482. The minimum atomic E-state index is 0.0638. The second-order valence-corrected chi connectivity index (χ2v) is 9.64. The number of carbonyl (C=O) groups excluding carboxylic acids is 1. The maximum atomic E-state index is 13.4. The van der Waals surface area contributed by atoms with Gasteiger partial charge in [-0.15, -0.1) is 0 Å². The van der Waals surface area contributed by atoms with E-state index in [0.29, 0.717) is 17.9 Å². The van der Waals surface area contributed by atoms with Crippen molar-refractivity contribution in [3.63, 3.8) is 0 Å². The molecule has 1 fully saturated rings. The number of para-hydroxylation sites is 2. The van der Waals surface area contributed by atoms with E-state index in [4.69, 9.17) is 9.47 Å². The zero-order valence-electron chi connectivity index (χ0n) is 21.8. The first kappa shape index (κ1) is 25.6. The molecular formula is C33H34N2O3. The topological polar surface area (TPSA) is 42.0 Å². The second kappa shape index (κ2) is 12.4. The van der Waals surface area contributed by atoms with Gasteiger partial charge in [0.25, 0.3) is 0 Å². The SMILES string of the molecule is COc1ccccc1Oc1cccc(CN2CCN(C(=O)CC(c3ccccc3)c3ccccc3)CC2)c1. The average Bonchev–Trinajstić information content (AvgIpc) is 2.97. The number of methoxy groups -OCH3 is 1. The molecule has 0 atom stereocenters. The molecule has 0 aliphatic carbocycles. The Labute approximate surface area is 225 Å². The Hall–Kier alpha value is -4.09. The van der Waals surface area contributed by atoms with E-state index in [2.05, 4.69) is 41.3 Å². The smallest absolute Gasteiger partial charge is 0.223 e. The lowest BCUT2D eigenvalue weighted by Gasteiger charge is -2.35. The van der Waals surface area contributed by atoms with Gasteiger partial charge in [0.05, 0.1) is 7.11 Å². The highest BCUT2D eigenvalue weighted by Gasteiger charge is 2.25. The molecule has 1 aliphatic heterocycles. The number of hydrogen-bond acceptors (Lipinski definition) is 4. The Kier molecular flexibility index (Phi) is 8.36. The van der Waals surface area contributed by atoms with E-state index in [1.165, 1.54) is 16.7 Å². The molecule has 0 N–H and O–H groups in total. The third-order valence-corrected chi connectivity index (χ3v) is 7.11. The van der Waals surface area contributed by atoms with E-state index in [0.717, 1.165) is 38.5 Å². The summed E-state index contributed by atoms with van der Waals surface area (Å²) in [5, 5.41) is 0. The number of rotatable bonds is 9. The van der Waals surface area contributed by atoms with Gasteiger partial charge in [-0.3, -0.25) is 9.69 Å². The molecule has 0 spiro atoms. The molecule has 0 aromatic heterocycles. The van der Waals surface area contributed by atoms with Crippen LogP contribution in [0, 0.1) is 0 Å². The molecule has 1 heterocycles. The number of benzene rings is 4. The Bertz CT molecular complexity index is 1280. The van der Waals surface area contributed by atoms with Gasteiger partial charge < -0.3 is 14.4 Å². The fourth-order valence-electron chi connectivity index (χ4n) is 5.05. The summed E-state index contributed by atoms with van der Waals surface area (Å²) in [6.45, 7) is 4.01. The van der Waals surface area contributed by atoms with Crippen molar-refractivity contribution >= 4 is 5.91 Å². The number of piperazine rings is 1. The normalized spacial score (nSPS) is 13.9. The lowest BCUT2D eigenvalue weighted by Crippen LogP contribution is -2.48. The van der Waals surface area contributed by atoms with Crippen molar-refractivity contribution in [3.8, 4) is 17.2 Å². The van der Waals surface area contributed by atoms with Crippen molar-refractivity contribution < 1.29 is 14.3 Å². The Morgan fingerprint density at radius 3 is 1.97 bits per heavy atom. The van der Waals surface area contributed by atoms with Gasteiger partial charge >= 0.3 is 0 Å². The van der Waals surface area contributed by atoms with Gasteiger partial charge in [0.2, 0.25) is 5.91 Å². The first-order valence-electron chi connectivity index (χ1n) is 13.2. The van der Waals surface area contributed by atoms with Crippen LogP contribution in [0.5, 0.6) is 17.2 Å². The highest BCUT2D eigenvalue weighted by molar-refractivity contribution is 5.78. The summed E-state index contributed by atoms with van der Waals surface area (Å²) in [4.78, 5) is 17.8. The zero-order valence-corrected chi connectivity index (χ0v) is 21.8. The van der Waals surface area contributed by atoms with Crippen LogP contribution in [0.1, 0.15) is 29.0 Å². The Balaban J connectivity index is 1.18. The summed E-state index contributed by atoms with van der Waals surface area (Å²) in [5.74, 6) is 2.47. The summed E-state index contributed by atoms with van der Waals surface area (Å²) in [6, 6.07) is 36.5. The van der Waals surface area contributed by atoms with E-state index in [-0.39, 0.29) is 11.8 Å². The van der Waals surface area contributed by atoms with Crippen molar-refractivity contribution in [3.05, 3.63) is 126 Å². The number of ether oxygens (including phenoxy) is 2. The molecule has 4 aromatic carbocycles. The van der Waals surface area contributed by atoms with E-state index in [1.807, 2.05) is 77.7 Å². The van der Waals surface area contributed by atoms with Crippen LogP contribution in [-0.4, -0.2) is 49.0 Å². The van der Waals surface area contributed by atoms with Gasteiger partial charge in [0, 0.05) is 45.1 Å². The van der Waals surface area contributed by atoms with Crippen molar-refractivity contribution in [2.24, 2.45) is 0 Å². The number of nitrogens with zero attached hydrogens (tertiary/aromatic N) is 2. The molecular weight excluding hydrogens is 472 g/mol. The van der Waals surface area contributed by atoms with Gasteiger partial charge in [-0.2, -0.15) is 0 Å². The molecule has 194 valence electrons. The van der Waals surface area contributed by atoms with E-state index in [9.17, 15) is 4.79 Å².